The lowest BCUT2D eigenvalue weighted by Gasteiger charge is -2.19. The third kappa shape index (κ3) is 2.60. The molecular weight excluding hydrogens is 415 g/mol. The van der Waals surface area contributed by atoms with E-state index in [9.17, 15) is 0 Å². The summed E-state index contributed by atoms with van der Waals surface area (Å²) in [6.45, 7) is 0. The van der Waals surface area contributed by atoms with Crippen molar-refractivity contribution < 1.29 is 0 Å². The monoisotopic (exact) mass is 426 g/mol. The lowest BCUT2D eigenvalue weighted by Crippen LogP contribution is -2.09. The van der Waals surface area contributed by atoms with Gasteiger partial charge in [-0.1, -0.05) is 43.5 Å². The van der Waals surface area contributed by atoms with Gasteiger partial charge in [-0.05, 0) is 42.5 Å². The van der Waals surface area contributed by atoms with Gasteiger partial charge in [-0.15, -0.1) is 0 Å². The number of rotatable bonds is 2. The van der Waals surface area contributed by atoms with E-state index in [2.05, 4.69) is 61.0 Å². The summed E-state index contributed by atoms with van der Waals surface area (Å²) in [5.74, 6) is 0. The summed E-state index contributed by atoms with van der Waals surface area (Å²) < 4.78 is 4.11. The standard InChI is InChI=1S/C16H13Br2ClN2/c1-20(12-6-3-10(17)4-7-12)15-13-9-11(18)5-8-14(13)21(2)16(15)19/h3-9H,1-2H3. The predicted molar refractivity (Wildman–Crippen MR) is 97.8 cm³/mol. The van der Waals surface area contributed by atoms with Gasteiger partial charge in [0.05, 0.1) is 11.2 Å². The highest BCUT2D eigenvalue weighted by atomic mass is 79.9. The molecule has 0 saturated carbocycles. The van der Waals surface area contributed by atoms with Crippen LogP contribution in [-0.2, 0) is 7.05 Å². The van der Waals surface area contributed by atoms with Gasteiger partial charge in [0.15, 0.2) is 0 Å². The molecular formula is C16H13Br2ClN2. The van der Waals surface area contributed by atoms with Gasteiger partial charge in [-0.3, -0.25) is 0 Å². The van der Waals surface area contributed by atoms with E-state index in [1.54, 1.807) is 0 Å². The van der Waals surface area contributed by atoms with Gasteiger partial charge in [-0.2, -0.15) is 0 Å². The van der Waals surface area contributed by atoms with Crippen LogP contribution in [0.3, 0.4) is 0 Å². The molecule has 1 heterocycles. The maximum atomic E-state index is 6.56. The first kappa shape index (κ1) is 14.9. The maximum Gasteiger partial charge on any atom is 0.133 e. The van der Waals surface area contributed by atoms with Gasteiger partial charge < -0.3 is 9.47 Å². The molecule has 0 aliphatic rings. The first-order chi connectivity index (χ1) is 9.99. The van der Waals surface area contributed by atoms with E-state index < -0.39 is 0 Å². The molecule has 3 rings (SSSR count). The molecule has 0 saturated heterocycles. The Kier molecular flexibility index (Phi) is 4.04. The van der Waals surface area contributed by atoms with Crippen molar-refractivity contribution in [3.8, 4) is 0 Å². The highest BCUT2D eigenvalue weighted by Gasteiger charge is 2.18. The summed E-state index contributed by atoms with van der Waals surface area (Å²) in [5.41, 5.74) is 3.22. The summed E-state index contributed by atoms with van der Waals surface area (Å²) in [5, 5.41) is 1.86. The van der Waals surface area contributed by atoms with Crippen LogP contribution in [0.15, 0.2) is 51.4 Å². The maximum absolute atomic E-state index is 6.56. The average molecular weight is 429 g/mol. The molecule has 0 spiro atoms. The molecule has 0 fully saturated rings. The van der Waals surface area contributed by atoms with Crippen molar-refractivity contribution in [2.45, 2.75) is 0 Å². The van der Waals surface area contributed by atoms with Crippen LogP contribution < -0.4 is 4.90 Å². The summed E-state index contributed by atoms with van der Waals surface area (Å²) in [6.07, 6.45) is 0. The van der Waals surface area contributed by atoms with Crippen LogP contribution in [0.1, 0.15) is 0 Å². The number of hydrogen-bond donors (Lipinski definition) is 0. The molecule has 0 bridgehead atoms. The average Bonchev–Trinajstić information content (AvgIpc) is 2.70. The van der Waals surface area contributed by atoms with Crippen molar-refractivity contribution in [2.24, 2.45) is 7.05 Å². The van der Waals surface area contributed by atoms with Gasteiger partial charge in [0.1, 0.15) is 5.15 Å². The van der Waals surface area contributed by atoms with Crippen molar-refractivity contribution in [1.29, 1.82) is 0 Å². The fourth-order valence-electron chi connectivity index (χ4n) is 2.48. The van der Waals surface area contributed by atoms with E-state index in [4.69, 9.17) is 11.6 Å². The smallest absolute Gasteiger partial charge is 0.133 e. The van der Waals surface area contributed by atoms with Crippen LogP contribution in [0.5, 0.6) is 0 Å². The van der Waals surface area contributed by atoms with E-state index in [1.165, 1.54) is 0 Å². The largest absolute Gasteiger partial charge is 0.342 e. The third-order valence-corrected chi connectivity index (χ3v) is 5.07. The van der Waals surface area contributed by atoms with Gasteiger partial charge in [0.2, 0.25) is 0 Å². The lowest BCUT2D eigenvalue weighted by atomic mass is 10.2. The predicted octanol–water partition coefficient (Wildman–Crippen LogP) is 6.12. The minimum atomic E-state index is 0.730. The van der Waals surface area contributed by atoms with Crippen LogP contribution in [0.4, 0.5) is 11.4 Å². The second kappa shape index (κ2) is 5.67. The molecule has 3 aromatic rings. The van der Waals surface area contributed by atoms with Crippen LogP contribution >= 0.6 is 43.5 Å². The molecule has 108 valence electrons. The van der Waals surface area contributed by atoms with Crippen LogP contribution in [0.2, 0.25) is 5.15 Å². The Hall–Kier alpha value is -0.970. The van der Waals surface area contributed by atoms with Gasteiger partial charge >= 0.3 is 0 Å². The van der Waals surface area contributed by atoms with Crippen molar-refractivity contribution in [3.63, 3.8) is 0 Å². The molecule has 0 aliphatic heterocycles. The summed E-state index contributed by atoms with van der Waals surface area (Å²) in [4.78, 5) is 2.11. The molecule has 0 atom stereocenters. The number of benzene rings is 2. The fourth-order valence-corrected chi connectivity index (χ4v) is 3.42. The van der Waals surface area contributed by atoms with Crippen LogP contribution in [-0.4, -0.2) is 11.6 Å². The van der Waals surface area contributed by atoms with Crippen LogP contribution in [0, 0.1) is 0 Å². The van der Waals surface area contributed by atoms with Gasteiger partial charge in [-0.25, -0.2) is 0 Å². The first-order valence-electron chi connectivity index (χ1n) is 6.42. The van der Waals surface area contributed by atoms with E-state index in [1.807, 2.05) is 36.9 Å². The van der Waals surface area contributed by atoms with Crippen molar-refractivity contribution >= 4 is 65.7 Å². The zero-order chi connectivity index (χ0) is 15.1. The van der Waals surface area contributed by atoms with Crippen molar-refractivity contribution in [1.82, 2.24) is 4.57 Å². The summed E-state index contributed by atoms with van der Waals surface area (Å²) in [7, 11) is 4.02. The number of halogens is 3. The molecule has 0 aliphatic carbocycles. The second-order valence-electron chi connectivity index (χ2n) is 4.90. The molecule has 0 N–H and O–H groups in total. The normalized spacial score (nSPS) is 11.1. The molecule has 21 heavy (non-hydrogen) atoms. The van der Waals surface area contributed by atoms with Gasteiger partial charge in [0, 0.05) is 34.1 Å². The third-order valence-electron chi connectivity index (χ3n) is 3.61. The minimum absolute atomic E-state index is 0.730. The molecule has 0 amide bonds. The Labute approximate surface area is 145 Å². The Morgan fingerprint density at radius 2 is 1.62 bits per heavy atom. The van der Waals surface area contributed by atoms with E-state index in [0.29, 0.717) is 0 Å². The molecule has 0 radical (unpaired) electrons. The Morgan fingerprint density at radius 3 is 2.29 bits per heavy atom. The van der Waals surface area contributed by atoms with Crippen molar-refractivity contribution in [3.05, 3.63) is 56.6 Å². The number of aryl methyl sites for hydroxylation is 1. The topological polar surface area (TPSA) is 8.17 Å². The number of fused-ring (bicyclic) bond motifs is 1. The molecule has 2 aromatic carbocycles. The zero-order valence-corrected chi connectivity index (χ0v) is 15.5. The number of hydrogen-bond acceptors (Lipinski definition) is 1. The SMILES string of the molecule is CN(c1ccc(Br)cc1)c1c(Cl)n(C)c2ccc(Br)cc12. The molecule has 0 unspecified atom stereocenters. The van der Waals surface area contributed by atoms with E-state index in [-0.39, 0.29) is 0 Å². The molecule has 1 aromatic heterocycles. The summed E-state index contributed by atoms with van der Waals surface area (Å²) in [6, 6.07) is 14.4. The second-order valence-corrected chi connectivity index (χ2v) is 7.08. The number of anilines is 2. The van der Waals surface area contributed by atoms with Crippen LogP contribution in [0.25, 0.3) is 10.9 Å². The van der Waals surface area contributed by atoms with E-state index >= 15 is 0 Å². The number of nitrogens with zero attached hydrogens (tertiary/aromatic N) is 2. The Morgan fingerprint density at radius 1 is 1.00 bits per heavy atom. The quantitative estimate of drug-likeness (QED) is 0.477. The highest BCUT2D eigenvalue weighted by Crippen LogP contribution is 2.40. The minimum Gasteiger partial charge on any atom is -0.342 e. The molecule has 2 nitrogen and oxygen atoms in total. The molecule has 5 heteroatoms. The highest BCUT2D eigenvalue weighted by molar-refractivity contribution is 9.10. The van der Waals surface area contributed by atoms with Crippen molar-refractivity contribution in [2.75, 3.05) is 11.9 Å². The Bertz CT molecular complexity index is 809. The Balaban J connectivity index is 2.21. The fraction of sp³-hybridized carbons (Fsp3) is 0.125. The number of aromatic nitrogens is 1. The summed E-state index contributed by atoms with van der Waals surface area (Å²) >= 11 is 13.6. The zero-order valence-electron chi connectivity index (χ0n) is 11.6. The first-order valence-corrected chi connectivity index (χ1v) is 8.38. The van der Waals surface area contributed by atoms with E-state index in [0.717, 1.165) is 36.4 Å². The van der Waals surface area contributed by atoms with Gasteiger partial charge in [0.25, 0.3) is 0 Å². The lowest BCUT2D eigenvalue weighted by molar-refractivity contribution is 0.966.